The summed E-state index contributed by atoms with van der Waals surface area (Å²) in [6, 6.07) is 12.5. The molecule has 9 heteroatoms. The highest BCUT2D eigenvalue weighted by Gasteiger charge is 2.16. The number of benzene rings is 2. The van der Waals surface area contributed by atoms with Crippen molar-refractivity contribution >= 4 is 27.5 Å². The summed E-state index contributed by atoms with van der Waals surface area (Å²) in [5.41, 5.74) is 3.57. The molecule has 0 saturated heterocycles. The van der Waals surface area contributed by atoms with E-state index in [0.29, 0.717) is 31.1 Å². The molecule has 2 heterocycles. The van der Waals surface area contributed by atoms with Crippen LogP contribution in [-0.4, -0.2) is 38.6 Å². The third-order valence-corrected chi connectivity index (χ3v) is 6.56. The Hall–Kier alpha value is -3.17. The molecule has 0 amide bonds. The first-order valence-electron chi connectivity index (χ1n) is 10.1. The van der Waals surface area contributed by atoms with Gasteiger partial charge < -0.3 is 15.4 Å². The van der Waals surface area contributed by atoms with Gasteiger partial charge in [0.1, 0.15) is 11.6 Å². The molecule has 3 N–H and O–H groups in total. The number of nitrogens with one attached hydrogen (secondary N) is 3. The van der Waals surface area contributed by atoms with Gasteiger partial charge in [-0.05, 0) is 61.2 Å². The highest BCUT2D eigenvalue weighted by Crippen LogP contribution is 2.32. The minimum Gasteiger partial charge on any atom is -0.497 e. The number of hydrogen-bond donors (Lipinski definition) is 3. The molecule has 4 bridgehead atoms. The molecule has 2 aromatic carbocycles. The monoisotopic (exact) mass is 439 g/mol. The molecule has 8 nitrogen and oxygen atoms in total. The van der Waals surface area contributed by atoms with E-state index >= 15 is 0 Å². The normalized spacial score (nSPS) is 15.8. The summed E-state index contributed by atoms with van der Waals surface area (Å²) in [6.45, 7) is 3.06. The van der Waals surface area contributed by atoms with Crippen LogP contribution < -0.4 is 20.1 Å². The van der Waals surface area contributed by atoms with Crippen molar-refractivity contribution in [3.8, 4) is 16.9 Å². The molecule has 1 aliphatic heterocycles. The van der Waals surface area contributed by atoms with Crippen molar-refractivity contribution in [2.75, 3.05) is 30.8 Å². The molecular weight excluding hydrogens is 414 g/mol. The maximum Gasteiger partial charge on any atom is 0.240 e. The van der Waals surface area contributed by atoms with E-state index in [0.717, 1.165) is 34.7 Å². The van der Waals surface area contributed by atoms with Gasteiger partial charge in [-0.1, -0.05) is 12.1 Å². The van der Waals surface area contributed by atoms with Gasteiger partial charge in [-0.15, -0.1) is 0 Å². The number of rotatable bonds is 2. The lowest BCUT2D eigenvalue weighted by molar-refractivity contribution is 0.414. The Morgan fingerprint density at radius 2 is 1.87 bits per heavy atom. The first-order chi connectivity index (χ1) is 15.0. The molecule has 0 radical (unpaired) electrons. The van der Waals surface area contributed by atoms with E-state index in [4.69, 9.17) is 4.74 Å². The number of hydrogen-bond acceptors (Lipinski definition) is 7. The summed E-state index contributed by atoms with van der Waals surface area (Å²) in [6.07, 6.45) is 3.27. The van der Waals surface area contributed by atoms with E-state index in [-0.39, 0.29) is 4.90 Å². The highest BCUT2D eigenvalue weighted by atomic mass is 32.2. The van der Waals surface area contributed by atoms with Crippen LogP contribution in [-0.2, 0) is 10.0 Å². The van der Waals surface area contributed by atoms with Crippen LogP contribution in [0.5, 0.6) is 5.75 Å². The highest BCUT2D eigenvalue weighted by molar-refractivity contribution is 7.89. The van der Waals surface area contributed by atoms with Gasteiger partial charge in [0.05, 0.1) is 12.0 Å². The van der Waals surface area contributed by atoms with E-state index in [1.54, 1.807) is 37.6 Å². The molecule has 1 aromatic heterocycles. The lowest BCUT2D eigenvalue weighted by atomic mass is 10.0. The van der Waals surface area contributed by atoms with Crippen LogP contribution in [0.4, 0.5) is 17.5 Å². The van der Waals surface area contributed by atoms with Gasteiger partial charge in [-0.25, -0.2) is 18.1 Å². The van der Waals surface area contributed by atoms with Crippen LogP contribution in [0.1, 0.15) is 18.4 Å². The van der Waals surface area contributed by atoms with Gasteiger partial charge in [0.25, 0.3) is 0 Å². The van der Waals surface area contributed by atoms with E-state index in [1.807, 2.05) is 25.1 Å². The van der Waals surface area contributed by atoms with Crippen molar-refractivity contribution in [1.82, 2.24) is 14.7 Å². The maximum atomic E-state index is 12.5. The smallest absolute Gasteiger partial charge is 0.240 e. The molecule has 0 saturated carbocycles. The van der Waals surface area contributed by atoms with Crippen molar-refractivity contribution < 1.29 is 13.2 Å². The number of sulfonamides is 1. The van der Waals surface area contributed by atoms with Crippen molar-refractivity contribution in [2.45, 2.75) is 24.7 Å². The summed E-state index contributed by atoms with van der Waals surface area (Å²) >= 11 is 0. The van der Waals surface area contributed by atoms with Crippen LogP contribution in [0.2, 0.25) is 0 Å². The van der Waals surface area contributed by atoms with Crippen LogP contribution in [0, 0.1) is 6.92 Å². The fourth-order valence-electron chi connectivity index (χ4n) is 3.46. The molecular formula is C22H25N5O3S. The number of aromatic nitrogens is 2. The number of ether oxygens (including phenoxy) is 1. The van der Waals surface area contributed by atoms with E-state index < -0.39 is 10.0 Å². The van der Waals surface area contributed by atoms with Crippen molar-refractivity contribution in [3.63, 3.8) is 0 Å². The van der Waals surface area contributed by atoms with Crippen molar-refractivity contribution in [1.29, 1.82) is 0 Å². The second kappa shape index (κ2) is 8.91. The van der Waals surface area contributed by atoms with Gasteiger partial charge in [0.2, 0.25) is 16.0 Å². The summed E-state index contributed by atoms with van der Waals surface area (Å²) in [5.74, 6) is 1.91. The summed E-state index contributed by atoms with van der Waals surface area (Å²) < 4.78 is 33.0. The predicted molar refractivity (Wildman–Crippen MR) is 121 cm³/mol. The van der Waals surface area contributed by atoms with Crippen molar-refractivity contribution in [3.05, 3.63) is 54.2 Å². The Labute approximate surface area is 182 Å². The van der Waals surface area contributed by atoms with Crippen LogP contribution in [0.25, 0.3) is 11.1 Å². The summed E-state index contributed by atoms with van der Waals surface area (Å²) in [4.78, 5) is 9.36. The lowest BCUT2D eigenvalue weighted by Gasteiger charge is -2.16. The largest absolute Gasteiger partial charge is 0.497 e. The molecule has 0 atom stereocenters. The molecule has 4 rings (SSSR count). The molecule has 0 fully saturated rings. The number of anilines is 3. The molecule has 0 aliphatic carbocycles. The minimum absolute atomic E-state index is 0.207. The third kappa shape index (κ3) is 4.78. The third-order valence-electron chi connectivity index (χ3n) is 5.10. The second-order valence-corrected chi connectivity index (χ2v) is 9.09. The molecule has 1 aliphatic rings. The van der Waals surface area contributed by atoms with Gasteiger partial charge >= 0.3 is 0 Å². The van der Waals surface area contributed by atoms with E-state index in [1.165, 1.54) is 0 Å². The van der Waals surface area contributed by atoms with Crippen LogP contribution in [0.15, 0.2) is 53.6 Å². The fraction of sp³-hybridized carbons (Fsp3) is 0.273. The van der Waals surface area contributed by atoms with E-state index in [9.17, 15) is 8.42 Å². The van der Waals surface area contributed by atoms with Crippen LogP contribution >= 0.6 is 0 Å². The molecule has 0 unspecified atom stereocenters. The Kier molecular flexibility index (Phi) is 6.06. The zero-order valence-corrected chi connectivity index (χ0v) is 18.3. The van der Waals surface area contributed by atoms with Gasteiger partial charge in [0, 0.05) is 30.5 Å². The minimum atomic E-state index is -3.55. The topological polar surface area (TPSA) is 105 Å². The number of fused-ring (bicyclic) bond motifs is 4. The SMILES string of the molecule is COc1ccc(-c2cnc3nc2NCCCCNS(=O)(=O)c2cccc(c2)N3)c(C)c1. The quantitative estimate of drug-likeness (QED) is 0.559. The molecule has 3 aromatic rings. The number of nitrogens with zero attached hydrogens (tertiary/aromatic N) is 2. The zero-order chi connectivity index (χ0) is 21.8. The standard InChI is InChI=1S/C22H25N5O3S/c1-15-12-17(30-2)8-9-19(15)20-14-24-22-26-16-6-5-7-18(13-16)31(28,29)25-11-4-3-10-23-21(20)27-22/h5-9,12-14,25H,3-4,10-11H2,1-2H3,(H2,23,24,26,27). The number of methoxy groups -OCH3 is 1. The summed E-state index contributed by atoms with van der Waals surface area (Å²) in [5, 5.41) is 6.50. The predicted octanol–water partition coefficient (Wildman–Crippen LogP) is 3.69. The Balaban J connectivity index is 1.74. The van der Waals surface area contributed by atoms with Crippen LogP contribution in [0.3, 0.4) is 0 Å². The summed E-state index contributed by atoms with van der Waals surface area (Å²) in [7, 11) is -1.91. The fourth-order valence-corrected chi connectivity index (χ4v) is 4.58. The van der Waals surface area contributed by atoms with Gasteiger partial charge in [-0.3, -0.25) is 0 Å². The zero-order valence-electron chi connectivity index (χ0n) is 17.5. The first kappa shape index (κ1) is 21.1. The van der Waals surface area contributed by atoms with Gasteiger partial charge in [0.15, 0.2) is 0 Å². The first-order valence-corrected chi connectivity index (χ1v) is 11.6. The van der Waals surface area contributed by atoms with E-state index in [2.05, 4.69) is 25.3 Å². The lowest BCUT2D eigenvalue weighted by Crippen LogP contribution is -2.25. The average Bonchev–Trinajstić information content (AvgIpc) is 2.76. The number of aryl methyl sites for hydroxylation is 1. The Morgan fingerprint density at radius 1 is 1.03 bits per heavy atom. The molecule has 0 spiro atoms. The van der Waals surface area contributed by atoms with Gasteiger partial charge in [-0.2, -0.15) is 4.98 Å². The molecule has 162 valence electrons. The Morgan fingerprint density at radius 3 is 2.68 bits per heavy atom. The second-order valence-electron chi connectivity index (χ2n) is 7.32. The molecule has 31 heavy (non-hydrogen) atoms. The van der Waals surface area contributed by atoms with Crippen molar-refractivity contribution in [2.24, 2.45) is 0 Å². The maximum absolute atomic E-state index is 12.5. The Bertz CT molecular complexity index is 1200. The average molecular weight is 440 g/mol.